The lowest BCUT2D eigenvalue weighted by Gasteiger charge is -2.08. The van der Waals surface area contributed by atoms with Crippen molar-refractivity contribution in [2.75, 3.05) is 33.4 Å². The van der Waals surface area contributed by atoms with Crippen LogP contribution in [0.2, 0.25) is 5.02 Å². The molecule has 0 unspecified atom stereocenters. The molecule has 0 aromatic heterocycles. The van der Waals surface area contributed by atoms with Gasteiger partial charge in [0.25, 0.3) is 5.91 Å². The van der Waals surface area contributed by atoms with Crippen molar-refractivity contribution in [3.8, 4) is 0 Å². The first-order valence-electron chi connectivity index (χ1n) is 5.58. The second-order valence-electron chi connectivity index (χ2n) is 3.60. The largest absolute Gasteiger partial charge is 0.383 e. The molecule has 7 heteroatoms. The van der Waals surface area contributed by atoms with Crippen LogP contribution in [0.3, 0.4) is 0 Å². The highest BCUT2D eigenvalue weighted by Crippen LogP contribution is 2.19. The van der Waals surface area contributed by atoms with Crippen LogP contribution in [-0.4, -0.2) is 39.3 Å². The van der Waals surface area contributed by atoms with Crippen LogP contribution >= 0.6 is 24.0 Å². The lowest BCUT2D eigenvalue weighted by Crippen LogP contribution is -2.33. The fraction of sp³-hybridized carbons (Fsp3) is 0.417. The Bertz CT molecular complexity index is 405. The first-order chi connectivity index (χ1) is 8.66. The third kappa shape index (κ3) is 6.20. The molecular weight excluding hydrogens is 294 g/mol. The fourth-order valence-electron chi connectivity index (χ4n) is 1.34. The summed E-state index contributed by atoms with van der Waals surface area (Å²) in [6, 6.07) is 4.15. The van der Waals surface area contributed by atoms with Gasteiger partial charge in [0, 0.05) is 26.7 Å². The fourth-order valence-corrected chi connectivity index (χ4v) is 1.55. The number of ether oxygens (including phenoxy) is 1. The van der Waals surface area contributed by atoms with Crippen LogP contribution < -0.4 is 10.6 Å². The Labute approximate surface area is 123 Å². The molecule has 0 aliphatic carbocycles. The van der Waals surface area contributed by atoms with Crippen LogP contribution in [0.15, 0.2) is 18.2 Å². The van der Waals surface area contributed by atoms with Crippen LogP contribution in [0.4, 0.5) is 4.39 Å². The van der Waals surface area contributed by atoms with Crippen LogP contribution in [0.1, 0.15) is 10.4 Å². The molecule has 0 saturated carbocycles. The molecule has 19 heavy (non-hydrogen) atoms. The second-order valence-corrected chi connectivity index (χ2v) is 3.98. The van der Waals surface area contributed by atoms with Crippen molar-refractivity contribution in [1.82, 2.24) is 10.6 Å². The van der Waals surface area contributed by atoms with E-state index in [4.69, 9.17) is 16.3 Å². The smallest absolute Gasteiger partial charge is 0.252 e. The SMILES string of the molecule is COCCNCCNC(=O)c1cccc(F)c1Cl.Cl. The van der Waals surface area contributed by atoms with Crippen molar-refractivity contribution >= 4 is 29.9 Å². The number of benzene rings is 1. The lowest BCUT2D eigenvalue weighted by molar-refractivity contribution is 0.0953. The Kier molecular flexibility index (Phi) is 9.51. The van der Waals surface area contributed by atoms with E-state index in [2.05, 4.69) is 10.6 Å². The Balaban J connectivity index is 0.00000324. The molecule has 4 nitrogen and oxygen atoms in total. The van der Waals surface area contributed by atoms with Crippen molar-refractivity contribution < 1.29 is 13.9 Å². The quantitative estimate of drug-likeness (QED) is 0.756. The summed E-state index contributed by atoms with van der Waals surface area (Å²) >= 11 is 5.70. The number of methoxy groups -OCH3 is 1. The Hall–Kier alpha value is -0.880. The van der Waals surface area contributed by atoms with Gasteiger partial charge in [0.15, 0.2) is 0 Å². The molecule has 2 N–H and O–H groups in total. The highest BCUT2D eigenvalue weighted by atomic mass is 35.5. The van der Waals surface area contributed by atoms with Gasteiger partial charge in [-0.2, -0.15) is 0 Å². The third-order valence-electron chi connectivity index (χ3n) is 2.27. The van der Waals surface area contributed by atoms with Gasteiger partial charge in [0.1, 0.15) is 5.82 Å². The highest BCUT2D eigenvalue weighted by Gasteiger charge is 2.12. The van der Waals surface area contributed by atoms with Crippen LogP contribution in [0, 0.1) is 5.82 Å². The van der Waals surface area contributed by atoms with Crippen molar-refractivity contribution in [3.05, 3.63) is 34.6 Å². The van der Waals surface area contributed by atoms with Gasteiger partial charge < -0.3 is 15.4 Å². The van der Waals surface area contributed by atoms with E-state index in [1.165, 1.54) is 18.2 Å². The minimum Gasteiger partial charge on any atom is -0.383 e. The first kappa shape index (κ1) is 18.1. The van der Waals surface area contributed by atoms with Crippen LogP contribution in [0.5, 0.6) is 0 Å². The maximum Gasteiger partial charge on any atom is 0.252 e. The lowest BCUT2D eigenvalue weighted by atomic mass is 10.2. The van der Waals surface area contributed by atoms with Gasteiger partial charge >= 0.3 is 0 Å². The molecule has 0 spiro atoms. The highest BCUT2D eigenvalue weighted by molar-refractivity contribution is 6.34. The number of halogens is 3. The summed E-state index contributed by atoms with van der Waals surface area (Å²) in [6.45, 7) is 2.38. The third-order valence-corrected chi connectivity index (χ3v) is 2.65. The minimum atomic E-state index is -0.595. The molecular formula is C12H17Cl2FN2O2. The zero-order chi connectivity index (χ0) is 13.4. The van der Waals surface area contributed by atoms with E-state index in [1.807, 2.05) is 0 Å². The van der Waals surface area contributed by atoms with Gasteiger partial charge in [-0.1, -0.05) is 17.7 Å². The van der Waals surface area contributed by atoms with Gasteiger partial charge in [0.05, 0.1) is 17.2 Å². The maximum atomic E-state index is 13.1. The number of carbonyl (C=O) groups excluding carboxylic acids is 1. The number of rotatable bonds is 7. The van der Waals surface area contributed by atoms with Crippen LogP contribution in [0.25, 0.3) is 0 Å². The molecule has 0 fully saturated rings. The maximum absolute atomic E-state index is 13.1. The summed E-state index contributed by atoms with van der Waals surface area (Å²) in [5.74, 6) is -0.976. The van der Waals surface area contributed by atoms with Crippen molar-refractivity contribution in [2.45, 2.75) is 0 Å². The van der Waals surface area contributed by atoms with Gasteiger partial charge in [-0.15, -0.1) is 12.4 Å². The predicted molar refractivity (Wildman–Crippen MR) is 75.7 cm³/mol. The molecule has 1 aromatic carbocycles. The van der Waals surface area contributed by atoms with Crippen molar-refractivity contribution in [2.24, 2.45) is 0 Å². The molecule has 1 rings (SSSR count). The van der Waals surface area contributed by atoms with E-state index in [0.29, 0.717) is 26.2 Å². The predicted octanol–water partition coefficient (Wildman–Crippen LogP) is 1.87. The van der Waals surface area contributed by atoms with E-state index in [0.717, 1.165) is 0 Å². The van der Waals surface area contributed by atoms with Gasteiger partial charge in [-0.3, -0.25) is 4.79 Å². The molecule has 0 heterocycles. The second kappa shape index (κ2) is 9.97. The molecule has 1 amide bonds. The Morgan fingerprint density at radius 3 is 2.79 bits per heavy atom. The molecule has 0 aliphatic heterocycles. The van der Waals surface area contributed by atoms with Gasteiger partial charge in [0.2, 0.25) is 0 Å². The molecule has 1 aromatic rings. The number of hydrogen-bond acceptors (Lipinski definition) is 3. The summed E-state index contributed by atoms with van der Waals surface area (Å²) in [5, 5.41) is 5.57. The van der Waals surface area contributed by atoms with E-state index in [-0.39, 0.29) is 28.9 Å². The topological polar surface area (TPSA) is 50.4 Å². The normalized spacial score (nSPS) is 9.84. The zero-order valence-corrected chi connectivity index (χ0v) is 12.1. The number of carbonyl (C=O) groups is 1. The standard InChI is InChI=1S/C12H16ClFN2O2.ClH/c1-18-8-7-15-5-6-16-12(17)9-3-2-4-10(14)11(9)13;/h2-4,15H,5-8H2,1H3,(H,16,17);1H. The zero-order valence-electron chi connectivity index (χ0n) is 10.5. The van der Waals surface area contributed by atoms with Crippen molar-refractivity contribution in [3.63, 3.8) is 0 Å². The summed E-state index contributed by atoms with van der Waals surface area (Å²) in [7, 11) is 1.62. The van der Waals surface area contributed by atoms with Gasteiger partial charge in [-0.05, 0) is 12.1 Å². The summed E-state index contributed by atoms with van der Waals surface area (Å²) in [6.07, 6.45) is 0. The molecule has 0 atom stereocenters. The number of hydrogen-bond donors (Lipinski definition) is 2. The molecule has 0 radical (unpaired) electrons. The Morgan fingerprint density at radius 2 is 2.11 bits per heavy atom. The van der Waals surface area contributed by atoms with E-state index < -0.39 is 5.82 Å². The van der Waals surface area contributed by atoms with Crippen molar-refractivity contribution in [1.29, 1.82) is 0 Å². The monoisotopic (exact) mass is 310 g/mol. The Morgan fingerprint density at radius 1 is 1.37 bits per heavy atom. The average molecular weight is 311 g/mol. The molecule has 0 bridgehead atoms. The van der Waals surface area contributed by atoms with E-state index in [1.54, 1.807) is 7.11 Å². The van der Waals surface area contributed by atoms with Crippen LogP contribution in [-0.2, 0) is 4.74 Å². The average Bonchev–Trinajstić information content (AvgIpc) is 2.36. The number of nitrogens with one attached hydrogen (secondary N) is 2. The van der Waals surface area contributed by atoms with E-state index in [9.17, 15) is 9.18 Å². The molecule has 0 saturated heterocycles. The number of amides is 1. The molecule has 0 aliphatic rings. The van der Waals surface area contributed by atoms with Gasteiger partial charge in [-0.25, -0.2) is 4.39 Å². The van der Waals surface area contributed by atoms with E-state index >= 15 is 0 Å². The molecule has 108 valence electrons. The first-order valence-corrected chi connectivity index (χ1v) is 5.96. The minimum absolute atomic E-state index is 0. The summed E-state index contributed by atoms with van der Waals surface area (Å²) in [4.78, 5) is 11.7. The summed E-state index contributed by atoms with van der Waals surface area (Å²) < 4.78 is 18.0. The summed E-state index contributed by atoms with van der Waals surface area (Å²) in [5.41, 5.74) is 0.147.